The highest BCUT2D eigenvalue weighted by Crippen LogP contribution is 2.29. The molecule has 0 amide bonds. The summed E-state index contributed by atoms with van der Waals surface area (Å²) in [5, 5.41) is 8.77. The maximum absolute atomic E-state index is 8.77. The number of rotatable bonds is 5. The predicted molar refractivity (Wildman–Crippen MR) is 83.1 cm³/mol. The van der Waals surface area contributed by atoms with Gasteiger partial charge in [0, 0.05) is 17.7 Å². The van der Waals surface area contributed by atoms with Gasteiger partial charge in [0.05, 0.1) is 6.61 Å². The van der Waals surface area contributed by atoms with Gasteiger partial charge in [-0.1, -0.05) is 42.9 Å². The van der Waals surface area contributed by atoms with Crippen molar-refractivity contribution in [2.24, 2.45) is 5.92 Å². The molecule has 0 atom stereocenters. The van der Waals surface area contributed by atoms with E-state index in [0.717, 1.165) is 17.2 Å². The smallest absolute Gasteiger partial charge is 0.0540 e. The number of aliphatic hydroxyl groups excluding tert-OH is 1. The molecule has 2 rings (SSSR count). The number of hydrogen-bond donors (Lipinski definition) is 1. The molecule has 1 N–H and O–H groups in total. The van der Waals surface area contributed by atoms with Crippen LogP contribution in [0.1, 0.15) is 43.2 Å². The van der Waals surface area contributed by atoms with Crippen LogP contribution in [0.3, 0.4) is 0 Å². The van der Waals surface area contributed by atoms with Crippen molar-refractivity contribution in [1.82, 2.24) is 0 Å². The molecule has 1 fully saturated rings. The van der Waals surface area contributed by atoms with E-state index in [4.69, 9.17) is 5.11 Å². The second kappa shape index (κ2) is 8.30. The van der Waals surface area contributed by atoms with Crippen LogP contribution in [0.25, 0.3) is 0 Å². The summed E-state index contributed by atoms with van der Waals surface area (Å²) < 4.78 is 0. The van der Waals surface area contributed by atoms with E-state index < -0.39 is 0 Å². The molecule has 1 saturated carbocycles. The van der Waals surface area contributed by atoms with Crippen molar-refractivity contribution in [3.05, 3.63) is 35.4 Å². The van der Waals surface area contributed by atoms with Crippen molar-refractivity contribution >= 4 is 11.8 Å². The first-order valence-electron chi connectivity index (χ1n) is 7.15. The molecular formula is C17H22OS. The van der Waals surface area contributed by atoms with Gasteiger partial charge in [-0.2, -0.15) is 11.8 Å². The lowest BCUT2D eigenvalue weighted by molar-refractivity contribution is 0.305. The fraction of sp³-hybridized carbons (Fsp3) is 0.529. The Balaban J connectivity index is 1.86. The quantitative estimate of drug-likeness (QED) is 0.823. The van der Waals surface area contributed by atoms with Crippen LogP contribution < -0.4 is 0 Å². The summed E-state index contributed by atoms with van der Waals surface area (Å²) in [6.45, 7) is 0.144. The molecule has 2 heteroatoms. The number of benzene rings is 1. The van der Waals surface area contributed by atoms with E-state index in [1.807, 2.05) is 17.8 Å². The van der Waals surface area contributed by atoms with Crippen molar-refractivity contribution < 1.29 is 5.11 Å². The maximum Gasteiger partial charge on any atom is 0.0540 e. The normalized spacial score (nSPS) is 15.2. The molecule has 1 aliphatic rings. The standard InChI is InChI=1S/C17H22OS/c18-12-6-5-10-16-9-3-4-11-17(16)14-19-13-15-7-1-2-8-15/h3-4,9,11,15,18H,1-2,6-8,12-14H2. The molecule has 0 heterocycles. The first-order chi connectivity index (χ1) is 9.40. The summed E-state index contributed by atoms with van der Waals surface area (Å²) >= 11 is 2.04. The average Bonchev–Trinajstić information content (AvgIpc) is 2.94. The van der Waals surface area contributed by atoms with E-state index in [-0.39, 0.29) is 6.61 Å². The molecule has 1 aliphatic carbocycles. The minimum absolute atomic E-state index is 0.144. The van der Waals surface area contributed by atoms with Crippen LogP contribution in [0.5, 0.6) is 0 Å². The highest BCUT2D eigenvalue weighted by atomic mass is 32.2. The predicted octanol–water partition coefficient (Wildman–Crippen LogP) is 3.84. The van der Waals surface area contributed by atoms with Gasteiger partial charge < -0.3 is 5.11 Å². The van der Waals surface area contributed by atoms with Crippen LogP contribution in [0.2, 0.25) is 0 Å². The number of hydrogen-bond acceptors (Lipinski definition) is 2. The Morgan fingerprint density at radius 1 is 1.21 bits per heavy atom. The lowest BCUT2D eigenvalue weighted by atomic mass is 10.1. The lowest BCUT2D eigenvalue weighted by Crippen LogP contribution is -1.97. The van der Waals surface area contributed by atoms with Crippen molar-refractivity contribution in [2.75, 3.05) is 12.4 Å². The van der Waals surface area contributed by atoms with Crippen LogP contribution in [-0.4, -0.2) is 17.5 Å². The van der Waals surface area contributed by atoms with E-state index in [2.05, 4.69) is 30.0 Å². The third-order valence-electron chi connectivity index (χ3n) is 3.56. The van der Waals surface area contributed by atoms with Crippen LogP contribution >= 0.6 is 11.8 Å². The Morgan fingerprint density at radius 3 is 2.79 bits per heavy atom. The SMILES string of the molecule is OCCC#Cc1ccccc1CSCC1CCCC1. The summed E-state index contributed by atoms with van der Waals surface area (Å²) in [7, 11) is 0. The minimum Gasteiger partial charge on any atom is -0.395 e. The molecule has 0 saturated heterocycles. The molecule has 0 radical (unpaired) electrons. The largest absolute Gasteiger partial charge is 0.395 e. The highest BCUT2D eigenvalue weighted by molar-refractivity contribution is 7.98. The van der Waals surface area contributed by atoms with E-state index in [0.29, 0.717) is 6.42 Å². The zero-order valence-electron chi connectivity index (χ0n) is 11.4. The first-order valence-corrected chi connectivity index (χ1v) is 8.31. The summed E-state index contributed by atoms with van der Waals surface area (Å²) in [6.07, 6.45) is 6.25. The topological polar surface area (TPSA) is 20.2 Å². The van der Waals surface area contributed by atoms with Crippen LogP contribution in [0.15, 0.2) is 24.3 Å². The molecule has 0 aromatic heterocycles. The van der Waals surface area contributed by atoms with Crippen molar-refractivity contribution in [2.45, 2.75) is 37.9 Å². The Hall–Kier alpha value is -0.910. The first kappa shape index (κ1) is 14.5. The lowest BCUT2D eigenvalue weighted by Gasteiger charge is -2.09. The molecule has 102 valence electrons. The Kier molecular flexibility index (Phi) is 6.33. The zero-order chi connectivity index (χ0) is 13.3. The van der Waals surface area contributed by atoms with Gasteiger partial charge >= 0.3 is 0 Å². The van der Waals surface area contributed by atoms with E-state index >= 15 is 0 Å². The number of thioether (sulfide) groups is 1. The van der Waals surface area contributed by atoms with Crippen molar-refractivity contribution in [1.29, 1.82) is 0 Å². The Bertz CT molecular complexity index is 438. The molecule has 1 aromatic rings. The summed E-state index contributed by atoms with van der Waals surface area (Å²) in [5.41, 5.74) is 2.45. The molecule has 0 aliphatic heterocycles. The third-order valence-corrected chi connectivity index (χ3v) is 4.79. The van der Waals surface area contributed by atoms with E-state index in [1.165, 1.54) is 37.0 Å². The molecule has 0 spiro atoms. The van der Waals surface area contributed by atoms with E-state index in [9.17, 15) is 0 Å². The molecule has 19 heavy (non-hydrogen) atoms. The second-order valence-electron chi connectivity index (χ2n) is 5.10. The van der Waals surface area contributed by atoms with Crippen LogP contribution in [0.4, 0.5) is 0 Å². The van der Waals surface area contributed by atoms with Crippen LogP contribution in [-0.2, 0) is 5.75 Å². The average molecular weight is 274 g/mol. The fourth-order valence-electron chi connectivity index (χ4n) is 2.49. The molecule has 0 bridgehead atoms. The third kappa shape index (κ3) is 4.93. The van der Waals surface area contributed by atoms with Gasteiger partial charge in [0.15, 0.2) is 0 Å². The number of aliphatic hydroxyl groups is 1. The summed E-state index contributed by atoms with van der Waals surface area (Å²) in [6, 6.07) is 8.37. The molecular weight excluding hydrogens is 252 g/mol. The summed E-state index contributed by atoms with van der Waals surface area (Å²) in [5.74, 6) is 9.47. The van der Waals surface area contributed by atoms with Crippen LogP contribution in [0, 0.1) is 17.8 Å². The summed E-state index contributed by atoms with van der Waals surface area (Å²) in [4.78, 5) is 0. The molecule has 0 unspecified atom stereocenters. The van der Waals surface area contributed by atoms with Gasteiger partial charge in [0.1, 0.15) is 0 Å². The van der Waals surface area contributed by atoms with Gasteiger partial charge in [-0.15, -0.1) is 0 Å². The van der Waals surface area contributed by atoms with Crippen molar-refractivity contribution in [3.63, 3.8) is 0 Å². The Labute approximate surface area is 120 Å². The second-order valence-corrected chi connectivity index (χ2v) is 6.13. The van der Waals surface area contributed by atoms with Gasteiger partial charge in [-0.05, 0) is 36.1 Å². The maximum atomic E-state index is 8.77. The van der Waals surface area contributed by atoms with Crippen molar-refractivity contribution in [3.8, 4) is 11.8 Å². The molecule has 1 aromatic carbocycles. The van der Waals surface area contributed by atoms with E-state index in [1.54, 1.807) is 0 Å². The molecule has 1 nitrogen and oxygen atoms in total. The van der Waals surface area contributed by atoms with Gasteiger partial charge in [0.2, 0.25) is 0 Å². The monoisotopic (exact) mass is 274 g/mol. The zero-order valence-corrected chi connectivity index (χ0v) is 12.2. The highest BCUT2D eigenvalue weighted by Gasteiger charge is 2.14. The Morgan fingerprint density at radius 2 is 2.00 bits per heavy atom. The fourth-order valence-corrected chi connectivity index (χ4v) is 3.75. The minimum atomic E-state index is 0.144. The van der Waals surface area contributed by atoms with Gasteiger partial charge in [-0.3, -0.25) is 0 Å². The van der Waals surface area contributed by atoms with Gasteiger partial charge in [-0.25, -0.2) is 0 Å². The van der Waals surface area contributed by atoms with Gasteiger partial charge in [0.25, 0.3) is 0 Å².